The van der Waals surface area contributed by atoms with Crippen LogP contribution in [0.1, 0.15) is 58.4 Å². The van der Waals surface area contributed by atoms with Gasteiger partial charge in [0.05, 0.1) is 42.1 Å². The van der Waals surface area contributed by atoms with Gasteiger partial charge >= 0.3 is 0 Å². The minimum atomic E-state index is -0.475. The summed E-state index contributed by atoms with van der Waals surface area (Å²) in [6.45, 7) is 1.24. The molecule has 0 unspecified atom stereocenters. The molecule has 0 bridgehead atoms. The van der Waals surface area contributed by atoms with Gasteiger partial charge < -0.3 is 42.6 Å². The fraction of sp³-hybridized carbons (Fsp3) is 0.250. The molecule has 0 saturated heterocycles. The molecule has 0 saturated carbocycles. The molecule has 18 heteroatoms. The number of fused-ring (bicyclic) bond motifs is 3. The smallest absolute Gasteiger partial charge is 0.280 e. The maximum Gasteiger partial charge on any atom is 0.280 e. The van der Waals surface area contributed by atoms with E-state index in [-0.39, 0.29) is 92.7 Å². The van der Waals surface area contributed by atoms with Crippen LogP contribution in [0.3, 0.4) is 0 Å². The Hall–Kier alpha value is -7.34. The van der Waals surface area contributed by atoms with Crippen LogP contribution in [-0.2, 0) is 27.5 Å². The fourth-order valence-electron chi connectivity index (χ4n) is 6.44. The largest absolute Gasteiger partial charge is 0.396 e. The highest BCUT2D eigenvalue weighted by Crippen LogP contribution is 2.36. The van der Waals surface area contributed by atoms with Crippen molar-refractivity contribution >= 4 is 63.5 Å². The summed E-state index contributed by atoms with van der Waals surface area (Å²) in [5.41, 5.74) is 17.7. The van der Waals surface area contributed by atoms with Gasteiger partial charge in [0.25, 0.3) is 11.5 Å². The average Bonchev–Trinajstić information content (AvgIpc) is 3.21. The van der Waals surface area contributed by atoms with Crippen LogP contribution in [0.2, 0.25) is 0 Å². The van der Waals surface area contributed by atoms with Crippen molar-refractivity contribution in [2.75, 3.05) is 42.6 Å². The van der Waals surface area contributed by atoms with Gasteiger partial charge in [-0.1, -0.05) is 42.5 Å². The number of nitrogens with one attached hydrogen (secondary N) is 5. The number of hydrazine groups is 1. The number of anilines is 3. The molecule has 4 amide bonds. The molecular formula is C40H45N13O5. The standard InChI is InChI=1S/C40H45N13O5/c1-52(43)36-29-9-4-5-10-30(29)53(23-25-7-2-3-8-28(25)34(36)41)33(56)17-16-32(55)45-20-19-44-31(54)11-6-18-46-38(57)24-12-14-26(15-13-24)47-21-27-22-48-37-35(49-27)39(58)51-40(42)50-37/h2-5,7-10,12-15,22,47H,6,11,16-21,23,41,43H2,1H3,(H,44,54)(H,45,55)(H,46,57)(H3,42,48,50,51,58)/b36-34-. The van der Waals surface area contributed by atoms with Gasteiger partial charge in [-0.25, -0.2) is 15.8 Å². The number of aromatic amines is 1. The van der Waals surface area contributed by atoms with Crippen LogP contribution in [0.5, 0.6) is 0 Å². The Morgan fingerprint density at radius 3 is 2.26 bits per heavy atom. The van der Waals surface area contributed by atoms with Gasteiger partial charge in [-0.2, -0.15) is 4.98 Å². The number of hydrogen-bond donors (Lipinski definition) is 8. The number of H-pyrrole nitrogens is 1. The van der Waals surface area contributed by atoms with E-state index in [2.05, 4.69) is 41.2 Å². The first-order valence-electron chi connectivity index (χ1n) is 18.6. The second kappa shape index (κ2) is 18.5. The predicted molar refractivity (Wildman–Crippen MR) is 220 cm³/mol. The number of hydrogen-bond acceptors (Lipinski definition) is 13. The fourth-order valence-corrected chi connectivity index (χ4v) is 6.44. The molecule has 0 fully saturated rings. The highest BCUT2D eigenvalue weighted by Gasteiger charge is 2.27. The van der Waals surface area contributed by atoms with Crippen molar-refractivity contribution in [1.29, 1.82) is 0 Å². The van der Waals surface area contributed by atoms with Crippen LogP contribution in [0, 0.1) is 0 Å². The molecule has 11 N–H and O–H groups in total. The Morgan fingerprint density at radius 1 is 0.828 bits per heavy atom. The van der Waals surface area contributed by atoms with E-state index < -0.39 is 5.56 Å². The van der Waals surface area contributed by atoms with Gasteiger partial charge in [0.2, 0.25) is 23.7 Å². The van der Waals surface area contributed by atoms with Crippen molar-refractivity contribution in [2.24, 2.45) is 11.6 Å². The summed E-state index contributed by atoms with van der Waals surface area (Å²) in [7, 11) is 1.69. The SMILES string of the molecule is CN(N)/C1=C(\N)c2ccccc2CN(C(=O)CCC(=O)NCCNC(=O)CCCNC(=O)c2ccc(NCc3cnc4nc(N)[nH]c(=O)c4n3)cc2)c2ccccc21. The molecule has 3 heterocycles. The summed E-state index contributed by atoms with van der Waals surface area (Å²) in [6, 6.07) is 21.8. The summed E-state index contributed by atoms with van der Waals surface area (Å²) in [5, 5.41) is 12.9. The highest BCUT2D eigenvalue weighted by molar-refractivity contribution is 6.02. The summed E-state index contributed by atoms with van der Waals surface area (Å²) in [4.78, 5) is 79.9. The summed E-state index contributed by atoms with van der Waals surface area (Å²) in [6.07, 6.45) is 2.03. The van der Waals surface area contributed by atoms with Gasteiger partial charge in [0.1, 0.15) is 0 Å². The number of carbonyl (C=O) groups is 4. The van der Waals surface area contributed by atoms with Gasteiger partial charge in [-0.15, -0.1) is 0 Å². The van der Waals surface area contributed by atoms with E-state index >= 15 is 0 Å². The third-order valence-corrected chi connectivity index (χ3v) is 9.30. The summed E-state index contributed by atoms with van der Waals surface area (Å²) >= 11 is 0. The molecule has 0 aliphatic carbocycles. The quantitative estimate of drug-likeness (QED) is 0.0426. The number of nitrogen functional groups attached to an aromatic ring is 1. The van der Waals surface area contributed by atoms with Gasteiger partial charge in [-0.3, -0.25) is 29.0 Å². The molecular weight excluding hydrogens is 743 g/mol. The molecule has 5 aromatic rings. The van der Waals surface area contributed by atoms with Crippen LogP contribution >= 0.6 is 0 Å². The number of aromatic nitrogens is 4. The Morgan fingerprint density at radius 2 is 1.52 bits per heavy atom. The monoisotopic (exact) mass is 787 g/mol. The van der Waals surface area contributed by atoms with Crippen molar-refractivity contribution in [3.8, 4) is 0 Å². The number of amides is 4. The van der Waals surface area contributed by atoms with Crippen LogP contribution < -0.4 is 49.0 Å². The predicted octanol–water partition coefficient (Wildman–Crippen LogP) is 1.57. The first-order chi connectivity index (χ1) is 28.0. The maximum atomic E-state index is 13.6. The van der Waals surface area contributed by atoms with Crippen LogP contribution in [-0.4, -0.2) is 75.3 Å². The van der Waals surface area contributed by atoms with E-state index in [4.69, 9.17) is 17.3 Å². The zero-order chi connectivity index (χ0) is 41.2. The first kappa shape index (κ1) is 40.3. The molecule has 300 valence electrons. The van der Waals surface area contributed by atoms with E-state index in [1.807, 2.05) is 48.5 Å². The Kier molecular flexibility index (Phi) is 12.9. The van der Waals surface area contributed by atoms with Gasteiger partial charge in [-0.05, 0) is 42.3 Å². The van der Waals surface area contributed by atoms with Crippen molar-refractivity contribution in [3.05, 3.63) is 117 Å². The molecule has 1 aliphatic rings. The lowest BCUT2D eigenvalue weighted by atomic mass is 9.95. The van der Waals surface area contributed by atoms with E-state index in [9.17, 15) is 24.0 Å². The number of nitrogens with zero attached hydrogens (tertiary/aromatic N) is 5. The second-order valence-corrected chi connectivity index (χ2v) is 13.5. The Labute approximate surface area is 333 Å². The molecule has 6 rings (SSSR count). The third kappa shape index (κ3) is 9.90. The highest BCUT2D eigenvalue weighted by atomic mass is 16.2. The molecule has 3 aromatic carbocycles. The Balaban J connectivity index is 0.877. The van der Waals surface area contributed by atoms with E-state index in [1.54, 1.807) is 36.2 Å². The van der Waals surface area contributed by atoms with Crippen LogP contribution in [0.25, 0.3) is 22.6 Å². The summed E-state index contributed by atoms with van der Waals surface area (Å²) < 4.78 is 0. The van der Waals surface area contributed by atoms with E-state index in [0.29, 0.717) is 40.3 Å². The van der Waals surface area contributed by atoms with Crippen LogP contribution in [0.4, 0.5) is 17.3 Å². The normalized spacial score (nSPS) is 13.4. The third-order valence-electron chi connectivity index (χ3n) is 9.30. The summed E-state index contributed by atoms with van der Waals surface area (Å²) in [5.74, 6) is 5.14. The maximum absolute atomic E-state index is 13.6. The van der Waals surface area contributed by atoms with Crippen molar-refractivity contribution in [3.63, 3.8) is 0 Å². The number of nitrogens with two attached hydrogens (primary N) is 3. The molecule has 18 nitrogen and oxygen atoms in total. The lowest BCUT2D eigenvalue weighted by molar-refractivity contribution is -0.125. The van der Waals surface area contributed by atoms with Crippen molar-refractivity contribution in [1.82, 2.24) is 40.9 Å². The minimum absolute atomic E-state index is 0.0324. The van der Waals surface area contributed by atoms with Gasteiger partial charge in [0, 0.05) is 68.3 Å². The zero-order valence-electron chi connectivity index (χ0n) is 31.9. The van der Waals surface area contributed by atoms with Crippen molar-refractivity contribution in [2.45, 2.75) is 38.8 Å². The van der Waals surface area contributed by atoms with E-state index in [1.165, 1.54) is 11.2 Å². The number of rotatable bonds is 15. The van der Waals surface area contributed by atoms with Crippen molar-refractivity contribution < 1.29 is 19.2 Å². The van der Waals surface area contributed by atoms with Crippen LogP contribution in [0.15, 0.2) is 83.8 Å². The molecule has 0 radical (unpaired) electrons. The molecule has 1 aliphatic heterocycles. The van der Waals surface area contributed by atoms with E-state index in [0.717, 1.165) is 16.8 Å². The Bertz CT molecular complexity index is 2410. The molecule has 58 heavy (non-hydrogen) atoms. The molecule has 0 atom stereocenters. The molecule has 2 aromatic heterocycles. The first-order valence-corrected chi connectivity index (χ1v) is 18.6. The lowest BCUT2D eigenvalue weighted by Crippen LogP contribution is -2.37. The number of benzene rings is 3. The minimum Gasteiger partial charge on any atom is -0.396 e. The topological polar surface area (TPSA) is 272 Å². The second-order valence-electron chi connectivity index (χ2n) is 13.5. The molecule has 0 spiro atoms. The average molecular weight is 788 g/mol. The lowest BCUT2D eigenvalue weighted by Gasteiger charge is -2.32. The number of para-hydroxylation sites is 1. The zero-order valence-corrected chi connectivity index (χ0v) is 31.9. The van der Waals surface area contributed by atoms with Gasteiger partial charge in [0.15, 0.2) is 11.2 Å². The number of carbonyl (C=O) groups excluding carboxylic acids is 4.